The van der Waals surface area contributed by atoms with Gasteiger partial charge in [-0.2, -0.15) is 0 Å². The van der Waals surface area contributed by atoms with Crippen LogP contribution in [-0.4, -0.2) is 65.7 Å². The minimum Gasteiger partial charge on any atom is -0.496 e. The third-order valence-electron chi connectivity index (χ3n) is 4.66. The second-order valence-corrected chi connectivity index (χ2v) is 10.6. The van der Waals surface area contributed by atoms with Crippen molar-refractivity contribution in [3.63, 3.8) is 0 Å². The Labute approximate surface area is 190 Å². The highest BCUT2D eigenvalue weighted by atomic mass is 32.2. The molecule has 2 heterocycles. The van der Waals surface area contributed by atoms with Crippen LogP contribution in [0.5, 0.6) is 5.75 Å². The minimum absolute atomic E-state index is 0.119. The van der Waals surface area contributed by atoms with Crippen LogP contribution in [0.4, 0.5) is 9.93 Å². The summed E-state index contributed by atoms with van der Waals surface area (Å²) in [5, 5.41) is 0.507. The van der Waals surface area contributed by atoms with Gasteiger partial charge in [-0.25, -0.2) is 9.78 Å². The number of ether oxygens (including phenoxy) is 2. The van der Waals surface area contributed by atoms with Gasteiger partial charge in [0.1, 0.15) is 11.4 Å². The van der Waals surface area contributed by atoms with Gasteiger partial charge in [-0.15, -0.1) is 0 Å². The molecule has 0 unspecified atom stereocenters. The predicted octanol–water partition coefficient (Wildman–Crippen LogP) is 3.89. The zero-order valence-electron chi connectivity index (χ0n) is 18.4. The van der Waals surface area contributed by atoms with Crippen LogP contribution in [0.1, 0.15) is 36.7 Å². The number of hydrogen-bond donors (Lipinski definition) is 1. The largest absolute Gasteiger partial charge is 0.496 e. The Morgan fingerprint density at radius 2 is 1.81 bits per heavy atom. The molecule has 1 aliphatic heterocycles. The molecule has 1 saturated heterocycles. The van der Waals surface area contributed by atoms with Gasteiger partial charge in [0, 0.05) is 31.1 Å². The Bertz CT molecular complexity index is 963. The van der Waals surface area contributed by atoms with Gasteiger partial charge in [-0.05, 0) is 45.4 Å². The fourth-order valence-corrected chi connectivity index (χ4v) is 4.95. The van der Waals surface area contributed by atoms with Crippen LogP contribution < -0.4 is 10.5 Å². The number of anilines is 1. The van der Waals surface area contributed by atoms with Crippen molar-refractivity contribution in [1.29, 1.82) is 0 Å². The molecule has 3 rings (SSSR count). The van der Waals surface area contributed by atoms with E-state index in [2.05, 4.69) is 4.98 Å². The van der Waals surface area contributed by atoms with Crippen LogP contribution in [0.15, 0.2) is 27.4 Å². The number of hydrogen-bond acceptors (Lipinski definition) is 8. The van der Waals surface area contributed by atoms with E-state index in [-0.39, 0.29) is 12.0 Å². The Morgan fingerprint density at radius 1 is 1.16 bits per heavy atom. The summed E-state index contributed by atoms with van der Waals surface area (Å²) >= 11 is 2.93. The standard InChI is InChI=1S/C21H28N4O4S2/c1-13-10-15(28-5)14(11-16(13)30-17-12-23-19(22)31-17)18(26)24-6-8-25(9-7-24)20(27)29-21(2,3)4/h10-12H,6-9H2,1-5H3,(H2,22,23). The molecule has 168 valence electrons. The molecule has 0 atom stereocenters. The van der Waals surface area contributed by atoms with E-state index in [1.54, 1.807) is 23.1 Å². The molecule has 2 N–H and O–H groups in total. The number of thiazole rings is 1. The monoisotopic (exact) mass is 464 g/mol. The second kappa shape index (κ2) is 9.35. The Morgan fingerprint density at radius 3 is 2.35 bits per heavy atom. The molecule has 1 aromatic heterocycles. The van der Waals surface area contributed by atoms with Crippen LogP contribution in [-0.2, 0) is 4.74 Å². The number of rotatable bonds is 4. The van der Waals surface area contributed by atoms with Gasteiger partial charge < -0.3 is 25.0 Å². The van der Waals surface area contributed by atoms with Crippen molar-refractivity contribution in [1.82, 2.24) is 14.8 Å². The first-order chi connectivity index (χ1) is 14.6. The summed E-state index contributed by atoms with van der Waals surface area (Å²) in [6.07, 6.45) is 1.38. The molecule has 2 aromatic rings. The Balaban J connectivity index is 1.73. The van der Waals surface area contributed by atoms with E-state index in [4.69, 9.17) is 15.2 Å². The van der Waals surface area contributed by atoms with Crippen LogP contribution in [0.25, 0.3) is 0 Å². The second-order valence-electron chi connectivity index (χ2n) is 8.20. The maximum Gasteiger partial charge on any atom is 0.410 e. The summed E-state index contributed by atoms with van der Waals surface area (Å²) < 4.78 is 11.9. The molecule has 0 bridgehead atoms. The maximum atomic E-state index is 13.3. The molecule has 1 fully saturated rings. The van der Waals surface area contributed by atoms with Gasteiger partial charge in [-0.1, -0.05) is 23.1 Å². The Hall–Kier alpha value is -2.46. The molecular weight excluding hydrogens is 436 g/mol. The van der Waals surface area contributed by atoms with E-state index in [1.165, 1.54) is 23.1 Å². The number of amides is 2. The molecule has 0 radical (unpaired) electrons. The summed E-state index contributed by atoms with van der Waals surface area (Å²) in [6.45, 7) is 9.21. The molecule has 31 heavy (non-hydrogen) atoms. The quantitative estimate of drug-likeness (QED) is 0.733. The number of aromatic nitrogens is 1. The Kier molecular flexibility index (Phi) is 7.00. The van der Waals surface area contributed by atoms with Crippen molar-refractivity contribution in [2.24, 2.45) is 0 Å². The fourth-order valence-electron chi connectivity index (χ4n) is 3.12. The van der Waals surface area contributed by atoms with Gasteiger partial charge in [0.15, 0.2) is 5.13 Å². The lowest BCUT2D eigenvalue weighted by Crippen LogP contribution is -2.51. The van der Waals surface area contributed by atoms with Crippen molar-refractivity contribution in [2.75, 3.05) is 39.0 Å². The average Bonchev–Trinajstić information content (AvgIpc) is 3.12. The lowest BCUT2D eigenvalue weighted by atomic mass is 10.1. The predicted molar refractivity (Wildman–Crippen MR) is 122 cm³/mol. The van der Waals surface area contributed by atoms with Gasteiger partial charge >= 0.3 is 6.09 Å². The van der Waals surface area contributed by atoms with E-state index in [9.17, 15) is 9.59 Å². The number of methoxy groups -OCH3 is 1. The average molecular weight is 465 g/mol. The van der Waals surface area contributed by atoms with Crippen molar-refractivity contribution < 1.29 is 19.1 Å². The molecule has 1 aromatic carbocycles. The summed E-state index contributed by atoms with van der Waals surface area (Å²) in [5.74, 6) is 0.414. The van der Waals surface area contributed by atoms with Crippen LogP contribution in [0.2, 0.25) is 0 Å². The van der Waals surface area contributed by atoms with Crippen molar-refractivity contribution in [3.05, 3.63) is 29.5 Å². The SMILES string of the molecule is COc1cc(C)c(Sc2cnc(N)s2)cc1C(=O)N1CCN(C(=O)OC(C)(C)C)CC1. The third-order valence-corrected chi connectivity index (χ3v) is 6.75. The first kappa shape index (κ1) is 23.2. The van der Waals surface area contributed by atoms with E-state index in [1.807, 2.05) is 39.8 Å². The maximum absolute atomic E-state index is 13.3. The van der Waals surface area contributed by atoms with Crippen LogP contribution >= 0.6 is 23.1 Å². The smallest absolute Gasteiger partial charge is 0.410 e. The van der Waals surface area contributed by atoms with Crippen molar-refractivity contribution in [2.45, 2.75) is 42.4 Å². The molecule has 8 nitrogen and oxygen atoms in total. The lowest BCUT2D eigenvalue weighted by molar-refractivity contribution is 0.0140. The molecule has 0 saturated carbocycles. The van der Waals surface area contributed by atoms with E-state index in [0.29, 0.717) is 42.6 Å². The number of aryl methyl sites for hydroxylation is 1. The molecular formula is C21H28N4O4S2. The molecule has 0 aliphatic carbocycles. The first-order valence-electron chi connectivity index (χ1n) is 9.92. The zero-order chi connectivity index (χ0) is 22.8. The molecule has 0 spiro atoms. The minimum atomic E-state index is -0.546. The summed E-state index contributed by atoms with van der Waals surface area (Å²) in [7, 11) is 1.56. The van der Waals surface area contributed by atoms with E-state index in [0.717, 1.165) is 14.7 Å². The number of piperazine rings is 1. The van der Waals surface area contributed by atoms with Crippen molar-refractivity contribution in [3.8, 4) is 5.75 Å². The highest BCUT2D eigenvalue weighted by Gasteiger charge is 2.29. The fraction of sp³-hybridized carbons (Fsp3) is 0.476. The number of benzene rings is 1. The van der Waals surface area contributed by atoms with Gasteiger partial charge in [0.05, 0.1) is 23.1 Å². The highest BCUT2D eigenvalue weighted by molar-refractivity contribution is 8.01. The highest BCUT2D eigenvalue weighted by Crippen LogP contribution is 2.38. The van der Waals surface area contributed by atoms with Crippen molar-refractivity contribution >= 4 is 40.2 Å². The number of nitrogen functional groups attached to an aromatic ring is 1. The van der Waals surface area contributed by atoms with Gasteiger partial charge in [0.25, 0.3) is 5.91 Å². The topological polar surface area (TPSA) is 98.0 Å². The summed E-state index contributed by atoms with van der Waals surface area (Å²) in [6, 6.07) is 3.73. The number of nitrogens with zero attached hydrogens (tertiary/aromatic N) is 3. The van der Waals surface area contributed by atoms with E-state index < -0.39 is 5.60 Å². The summed E-state index contributed by atoms with van der Waals surface area (Å²) in [5.41, 5.74) is 6.69. The van der Waals surface area contributed by atoms with Crippen LogP contribution in [0, 0.1) is 6.92 Å². The van der Waals surface area contributed by atoms with Gasteiger partial charge in [0.2, 0.25) is 0 Å². The molecule has 1 aliphatic rings. The van der Waals surface area contributed by atoms with E-state index >= 15 is 0 Å². The first-order valence-corrected chi connectivity index (χ1v) is 11.6. The number of carbonyl (C=O) groups excluding carboxylic acids is 2. The van der Waals surface area contributed by atoms with Gasteiger partial charge in [-0.3, -0.25) is 4.79 Å². The number of carbonyl (C=O) groups is 2. The molecule has 2 amide bonds. The summed E-state index contributed by atoms with van der Waals surface area (Å²) in [4.78, 5) is 34.0. The normalized spacial score (nSPS) is 14.5. The molecule has 10 heteroatoms. The van der Waals surface area contributed by atoms with Crippen LogP contribution in [0.3, 0.4) is 0 Å². The zero-order valence-corrected chi connectivity index (χ0v) is 20.1. The lowest BCUT2D eigenvalue weighted by Gasteiger charge is -2.35. The number of nitrogens with two attached hydrogens (primary N) is 1. The third kappa shape index (κ3) is 5.82.